The summed E-state index contributed by atoms with van der Waals surface area (Å²) < 4.78 is 52.3. The second kappa shape index (κ2) is 6.91. The second-order valence-electron chi connectivity index (χ2n) is 6.32. The molecule has 0 bridgehead atoms. The minimum Gasteiger partial charge on any atom is -0.366 e. The third-order valence-electron chi connectivity index (χ3n) is 4.16. The minimum absolute atomic E-state index is 0.0825. The summed E-state index contributed by atoms with van der Waals surface area (Å²) >= 11 is 0. The van der Waals surface area contributed by atoms with E-state index in [1.54, 1.807) is 0 Å². The lowest BCUT2D eigenvalue weighted by atomic mass is 10.2. The van der Waals surface area contributed by atoms with E-state index >= 15 is 0 Å². The van der Waals surface area contributed by atoms with Crippen LogP contribution in [0, 0.1) is 5.92 Å². The molecule has 2 amide bonds. The van der Waals surface area contributed by atoms with Crippen molar-refractivity contribution < 1.29 is 26.4 Å². The molecule has 0 radical (unpaired) electrons. The maximum Gasteiger partial charge on any atom is 0.261 e. The Balaban J connectivity index is 1.84. The number of hydrogen-bond donors (Lipinski definition) is 2. The average Bonchev–Trinajstić information content (AvgIpc) is 2.82. The summed E-state index contributed by atoms with van der Waals surface area (Å²) in [4.78, 5) is 23.0. The van der Waals surface area contributed by atoms with Crippen LogP contribution in [-0.4, -0.2) is 34.4 Å². The molecule has 3 N–H and O–H groups in total. The Hall–Kier alpha value is -2.92. The van der Waals surface area contributed by atoms with E-state index < -0.39 is 37.8 Å². The Morgan fingerprint density at radius 1 is 1.11 bits per heavy atom. The molecule has 0 aliphatic carbocycles. The van der Waals surface area contributed by atoms with Gasteiger partial charge in [-0.2, -0.15) is 0 Å². The zero-order valence-corrected chi connectivity index (χ0v) is 16.3. The summed E-state index contributed by atoms with van der Waals surface area (Å²) in [5.41, 5.74) is 5.68. The van der Waals surface area contributed by atoms with Gasteiger partial charge in [-0.05, 0) is 48.5 Å². The normalized spacial score (nSPS) is 18.8. The third-order valence-corrected chi connectivity index (χ3v) is 7.43. The maximum atomic E-state index is 12.5. The van der Waals surface area contributed by atoms with Gasteiger partial charge in [0.25, 0.3) is 10.0 Å². The van der Waals surface area contributed by atoms with Gasteiger partial charge in [-0.1, -0.05) is 6.92 Å². The Kier molecular flexibility index (Phi) is 4.90. The molecule has 1 fully saturated rings. The monoisotopic (exact) mass is 423 g/mol. The molecule has 9 nitrogen and oxygen atoms in total. The lowest BCUT2D eigenvalue weighted by molar-refractivity contribution is -0.119. The highest BCUT2D eigenvalue weighted by Crippen LogP contribution is 2.29. The molecule has 1 heterocycles. The van der Waals surface area contributed by atoms with Crippen LogP contribution in [0.2, 0.25) is 0 Å². The third kappa shape index (κ3) is 3.71. The van der Waals surface area contributed by atoms with Crippen molar-refractivity contribution in [3.05, 3.63) is 54.1 Å². The lowest BCUT2D eigenvalue weighted by Crippen LogP contribution is -2.30. The van der Waals surface area contributed by atoms with Crippen LogP contribution in [0.1, 0.15) is 17.3 Å². The van der Waals surface area contributed by atoms with Crippen molar-refractivity contribution in [1.29, 1.82) is 0 Å². The first kappa shape index (κ1) is 19.8. The number of benzene rings is 2. The topological polar surface area (TPSA) is 144 Å². The smallest absolute Gasteiger partial charge is 0.261 e. The summed E-state index contributed by atoms with van der Waals surface area (Å²) in [6.07, 6.45) is 0. The highest BCUT2D eigenvalue weighted by molar-refractivity contribution is 7.94. The highest BCUT2D eigenvalue weighted by Gasteiger charge is 2.41. The number of anilines is 2. The zero-order chi connectivity index (χ0) is 20.7. The lowest BCUT2D eigenvalue weighted by Gasteiger charge is -2.16. The number of hydrogen-bond acceptors (Lipinski definition) is 6. The molecule has 2 aromatic carbocycles. The molecule has 0 unspecified atom stereocenters. The first-order valence-electron chi connectivity index (χ1n) is 8.11. The van der Waals surface area contributed by atoms with Gasteiger partial charge in [-0.15, -0.1) is 0 Å². The molecule has 28 heavy (non-hydrogen) atoms. The molecule has 1 aliphatic rings. The van der Waals surface area contributed by atoms with E-state index in [1.165, 1.54) is 55.5 Å². The zero-order valence-electron chi connectivity index (χ0n) is 14.7. The number of sulfonamides is 2. The predicted molar refractivity (Wildman–Crippen MR) is 103 cm³/mol. The van der Waals surface area contributed by atoms with E-state index in [-0.39, 0.29) is 27.6 Å². The molecule has 148 valence electrons. The Labute approximate surface area is 162 Å². The minimum atomic E-state index is -3.96. The van der Waals surface area contributed by atoms with Crippen LogP contribution in [0.3, 0.4) is 0 Å². The molecule has 3 rings (SSSR count). The quantitative estimate of drug-likeness (QED) is 0.731. The van der Waals surface area contributed by atoms with Gasteiger partial charge in [0.1, 0.15) is 0 Å². The molecule has 0 spiro atoms. The molecular weight excluding hydrogens is 406 g/mol. The Morgan fingerprint density at radius 3 is 2.14 bits per heavy atom. The molecule has 1 aliphatic heterocycles. The van der Waals surface area contributed by atoms with Gasteiger partial charge >= 0.3 is 0 Å². The summed E-state index contributed by atoms with van der Waals surface area (Å²) in [5, 5.41) is 0. The SMILES string of the molecule is C[C@@H]1CS(=O)(=O)N(c2ccc(S(=O)(=O)Nc3ccc(C(N)=O)cc3)cc2)C1=O. The Morgan fingerprint density at radius 2 is 1.68 bits per heavy atom. The maximum absolute atomic E-state index is 12.5. The molecule has 0 saturated carbocycles. The molecule has 0 aromatic heterocycles. The standard InChI is InChI=1S/C17H17N3O6S2/c1-11-10-27(23,24)20(17(11)22)14-6-8-15(9-7-14)28(25,26)19-13-4-2-12(3-5-13)16(18)21/h2-9,11,19H,10H2,1H3,(H2,18,21)/t11-/m1/s1. The van der Waals surface area contributed by atoms with Gasteiger partial charge in [0.05, 0.1) is 22.3 Å². The van der Waals surface area contributed by atoms with Gasteiger partial charge in [-0.3, -0.25) is 14.3 Å². The van der Waals surface area contributed by atoms with Gasteiger partial charge in [-0.25, -0.2) is 21.1 Å². The van der Waals surface area contributed by atoms with Crippen LogP contribution >= 0.6 is 0 Å². The Bertz CT molecular complexity index is 1140. The van der Waals surface area contributed by atoms with Crippen molar-refractivity contribution in [2.75, 3.05) is 14.8 Å². The fourth-order valence-corrected chi connectivity index (χ4v) is 5.64. The predicted octanol–water partition coefficient (Wildman–Crippen LogP) is 0.899. The first-order valence-corrected chi connectivity index (χ1v) is 11.2. The van der Waals surface area contributed by atoms with E-state index in [0.717, 1.165) is 0 Å². The fraction of sp³-hybridized carbons (Fsp3) is 0.176. The summed E-state index contributed by atoms with van der Waals surface area (Å²) in [6.45, 7) is 1.52. The van der Waals surface area contributed by atoms with E-state index in [9.17, 15) is 26.4 Å². The van der Waals surface area contributed by atoms with Crippen molar-refractivity contribution >= 4 is 43.2 Å². The summed E-state index contributed by atoms with van der Waals surface area (Å²) in [7, 11) is -7.72. The van der Waals surface area contributed by atoms with E-state index in [2.05, 4.69) is 4.72 Å². The largest absolute Gasteiger partial charge is 0.366 e. The average molecular weight is 423 g/mol. The number of nitrogens with two attached hydrogens (primary N) is 1. The van der Waals surface area contributed by atoms with Gasteiger partial charge in [0.2, 0.25) is 21.8 Å². The highest BCUT2D eigenvalue weighted by atomic mass is 32.2. The van der Waals surface area contributed by atoms with Crippen molar-refractivity contribution in [3.8, 4) is 0 Å². The van der Waals surface area contributed by atoms with E-state index in [1.807, 2.05) is 0 Å². The van der Waals surface area contributed by atoms with Crippen LogP contribution in [0.5, 0.6) is 0 Å². The molecule has 11 heteroatoms. The van der Waals surface area contributed by atoms with Crippen LogP contribution in [0.15, 0.2) is 53.4 Å². The van der Waals surface area contributed by atoms with Crippen LogP contribution < -0.4 is 14.8 Å². The number of amides is 2. The van der Waals surface area contributed by atoms with Gasteiger partial charge in [0, 0.05) is 11.3 Å². The second-order valence-corrected chi connectivity index (χ2v) is 9.87. The van der Waals surface area contributed by atoms with Crippen molar-refractivity contribution in [1.82, 2.24) is 0 Å². The number of nitrogens with one attached hydrogen (secondary N) is 1. The molecular formula is C17H17N3O6S2. The van der Waals surface area contributed by atoms with Crippen molar-refractivity contribution in [3.63, 3.8) is 0 Å². The van der Waals surface area contributed by atoms with Crippen LogP contribution in [-0.2, 0) is 24.8 Å². The van der Waals surface area contributed by atoms with Gasteiger partial charge < -0.3 is 5.73 Å². The van der Waals surface area contributed by atoms with Crippen LogP contribution in [0.25, 0.3) is 0 Å². The number of carbonyl (C=O) groups is 2. The molecule has 2 aromatic rings. The summed E-state index contributed by atoms with van der Waals surface area (Å²) in [5.74, 6) is -2.12. The number of carbonyl (C=O) groups excluding carboxylic acids is 2. The van der Waals surface area contributed by atoms with Crippen molar-refractivity contribution in [2.24, 2.45) is 11.7 Å². The number of rotatable bonds is 5. The fourth-order valence-electron chi connectivity index (χ4n) is 2.76. The molecule has 1 saturated heterocycles. The molecule has 1 atom stereocenters. The first-order chi connectivity index (χ1) is 13.0. The van der Waals surface area contributed by atoms with Crippen LogP contribution in [0.4, 0.5) is 11.4 Å². The number of primary amides is 1. The number of nitrogens with zero attached hydrogens (tertiary/aromatic N) is 1. The summed E-state index contributed by atoms with van der Waals surface area (Å²) in [6, 6.07) is 10.5. The van der Waals surface area contributed by atoms with Gasteiger partial charge in [0.15, 0.2) is 0 Å². The van der Waals surface area contributed by atoms with Crippen molar-refractivity contribution in [2.45, 2.75) is 11.8 Å². The van der Waals surface area contributed by atoms with E-state index in [0.29, 0.717) is 4.31 Å². The van der Waals surface area contributed by atoms with E-state index in [4.69, 9.17) is 5.73 Å².